The summed E-state index contributed by atoms with van der Waals surface area (Å²) in [7, 11) is 0. The van der Waals surface area contributed by atoms with Crippen LogP contribution in [0.2, 0.25) is 0 Å². The van der Waals surface area contributed by atoms with Gasteiger partial charge >= 0.3 is 0 Å². The molecule has 0 aliphatic carbocycles. The number of aliphatic imine (C=N–C) groups is 1. The Labute approximate surface area is 82.6 Å². The highest BCUT2D eigenvalue weighted by molar-refractivity contribution is 9.10. The van der Waals surface area contributed by atoms with Crippen molar-refractivity contribution in [1.82, 2.24) is 0 Å². The Morgan fingerprint density at radius 2 is 2.00 bits per heavy atom. The van der Waals surface area contributed by atoms with Gasteiger partial charge in [-0.05, 0) is 28.9 Å². The molecule has 1 aromatic carbocycles. The lowest BCUT2D eigenvalue weighted by Gasteiger charge is -1.99. The average Bonchev–Trinajstić information content (AvgIpc) is 1.99. The van der Waals surface area contributed by atoms with Gasteiger partial charge in [0, 0.05) is 6.07 Å². The van der Waals surface area contributed by atoms with Crippen molar-refractivity contribution < 1.29 is 8.78 Å². The van der Waals surface area contributed by atoms with Gasteiger partial charge in [0.1, 0.15) is 17.3 Å². The topological polar surface area (TPSA) is 38.4 Å². The van der Waals surface area contributed by atoms with Crippen LogP contribution in [0.15, 0.2) is 21.6 Å². The summed E-state index contributed by atoms with van der Waals surface area (Å²) >= 11 is 2.85. The SMILES string of the molecule is CC(N)=Nc1cc(F)c(Br)cc1F. The lowest BCUT2D eigenvalue weighted by Crippen LogP contribution is -2.04. The normalized spacial score (nSPS) is 11.8. The molecule has 13 heavy (non-hydrogen) atoms. The van der Waals surface area contributed by atoms with Crippen LogP contribution >= 0.6 is 15.9 Å². The molecule has 0 saturated carbocycles. The molecule has 1 rings (SSSR count). The molecule has 0 saturated heterocycles. The van der Waals surface area contributed by atoms with Crippen LogP contribution in [0.25, 0.3) is 0 Å². The summed E-state index contributed by atoms with van der Waals surface area (Å²) < 4.78 is 26.0. The standard InChI is InChI=1S/C8H7BrF2N2/c1-4(12)13-8-3-6(10)5(9)2-7(8)11/h2-3H,1H3,(H2,12,13). The Morgan fingerprint density at radius 1 is 1.38 bits per heavy atom. The highest BCUT2D eigenvalue weighted by atomic mass is 79.9. The number of rotatable bonds is 1. The summed E-state index contributed by atoms with van der Waals surface area (Å²) in [6, 6.07) is 1.99. The molecule has 1 aromatic rings. The first kappa shape index (κ1) is 10.1. The average molecular weight is 249 g/mol. The Morgan fingerprint density at radius 3 is 2.54 bits per heavy atom. The molecule has 70 valence electrons. The first-order chi connectivity index (χ1) is 6.00. The molecule has 0 radical (unpaired) electrons. The fourth-order valence-corrected chi connectivity index (χ4v) is 1.10. The van der Waals surface area contributed by atoms with Crippen molar-refractivity contribution in [2.75, 3.05) is 0 Å². The minimum absolute atomic E-state index is 0.0682. The lowest BCUT2D eigenvalue weighted by molar-refractivity contribution is 0.596. The molecule has 0 heterocycles. The van der Waals surface area contributed by atoms with Crippen molar-refractivity contribution in [3.63, 3.8) is 0 Å². The molecule has 0 fully saturated rings. The molecular weight excluding hydrogens is 242 g/mol. The number of nitrogens with zero attached hydrogens (tertiary/aromatic N) is 1. The van der Waals surface area contributed by atoms with Crippen LogP contribution in [0.1, 0.15) is 6.92 Å². The van der Waals surface area contributed by atoms with Crippen molar-refractivity contribution in [3.05, 3.63) is 28.2 Å². The van der Waals surface area contributed by atoms with Crippen molar-refractivity contribution in [1.29, 1.82) is 0 Å². The zero-order valence-electron chi connectivity index (χ0n) is 6.81. The molecular formula is C8H7BrF2N2. The predicted molar refractivity (Wildman–Crippen MR) is 51.0 cm³/mol. The highest BCUT2D eigenvalue weighted by Crippen LogP contribution is 2.25. The zero-order valence-corrected chi connectivity index (χ0v) is 8.40. The maximum Gasteiger partial charge on any atom is 0.150 e. The molecule has 0 bridgehead atoms. The summed E-state index contributed by atoms with van der Waals surface area (Å²) in [5.74, 6) is -1.000. The van der Waals surface area contributed by atoms with Gasteiger partial charge in [-0.25, -0.2) is 13.8 Å². The van der Waals surface area contributed by atoms with Gasteiger partial charge in [0.25, 0.3) is 0 Å². The van der Waals surface area contributed by atoms with E-state index in [0.717, 1.165) is 12.1 Å². The van der Waals surface area contributed by atoms with Crippen LogP contribution in [0.4, 0.5) is 14.5 Å². The fraction of sp³-hybridized carbons (Fsp3) is 0.125. The molecule has 2 N–H and O–H groups in total. The van der Waals surface area contributed by atoms with E-state index in [-0.39, 0.29) is 16.0 Å². The molecule has 0 aliphatic rings. The quantitative estimate of drug-likeness (QED) is 0.464. The second-order valence-electron chi connectivity index (χ2n) is 2.47. The number of hydrogen-bond donors (Lipinski definition) is 1. The first-order valence-electron chi connectivity index (χ1n) is 3.46. The Bertz CT molecular complexity index is 359. The lowest BCUT2D eigenvalue weighted by atomic mass is 10.3. The van der Waals surface area contributed by atoms with E-state index in [1.54, 1.807) is 0 Å². The Hall–Kier alpha value is -0.970. The van der Waals surface area contributed by atoms with E-state index in [1.807, 2.05) is 0 Å². The van der Waals surface area contributed by atoms with Crippen molar-refractivity contribution >= 4 is 27.5 Å². The fourth-order valence-electron chi connectivity index (χ4n) is 0.788. The number of hydrogen-bond acceptors (Lipinski definition) is 1. The van der Waals surface area contributed by atoms with Crippen molar-refractivity contribution in [2.45, 2.75) is 6.92 Å². The third kappa shape index (κ3) is 2.48. The van der Waals surface area contributed by atoms with Gasteiger partial charge in [0.2, 0.25) is 0 Å². The highest BCUT2D eigenvalue weighted by Gasteiger charge is 2.06. The summed E-state index contributed by atoms with van der Waals surface area (Å²) in [4.78, 5) is 3.62. The predicted octanol–water partition coefficient (Wildman–Crippen LogP) is 2.74. The molecule has 0 spiro atoms. The van der Waals surface area contributed by atoms with Crippen LogP contribution in [-0.4, -0.2) is 5.84 Å². The summed E-state index contributed by atoms with van der Waals surface area (Å²) in [5, 5.41) is 0. The van der Waals surface area contributed by atoms with Crippen molar-refractivity contribution in [3.8, 4) is 0 Å². The first-order valence-corrected chi connectivity index (χ1v) is 4.25. The van der Waals surface area contributed by atoms with E-state index in [4.69, 9.17) is 5.73 Å². The van der Waals surface area contributed by atoms with Gasteiger partial charge in [-0.3, -0.25) is 0 Å². The smallest absolute Gasteiger partial charge is 0.150 e. The van der Waals surface area contributed by atoms with Gasteiger partial charge in [-0.1, -0.05) is 0 Å². The van der Waals surface area contributed by atoms with E-state index >= 15 is 0 Å². The Balaban J connectivity index is 3.24. The number of nitrogens with two attached hydrogens (primary N) is 1. The number of halogens is 3. The summed E-state index contributed by atoms with van der Waals surface area (Å²) in [6.45, 7) is 1.50. The van der Waals surface area contributed by atoms with Gasteiger partial charge in [-0.15, -0.1) is 0 Å². The van der Waals surface area contributed by atoms with E-state index in [0.29, 0.717) is 0 Å². The van der Waals surface area contributed by atoms with Gasteiger partial charge in [0.05, 0.1) is 10.3 Å². The maximum atomic E-state index is 13.0. The van der Waals surface area contributed by atoms with Crippen LogP contribution in [-0.2, 0) is 0 Å². The van der Waals surface area contributed by atoms with Gasteiger partial charge in [0.15, 0.2) is 0 Å². The second-order valence-corrected chi connectivity index (χ2v) is 3.33. The third-order valence-corrected chi connectivity index (χ3v) is 1.89. The van der Waals surface area contributed by atoms with Crippen LogP contribution in [0, 0.1) is 11.6 Å². The van der Waals surface area contributed by atoms with Crippen LogP contribution in [0.5, 0.6) is 0 Å². The number of amidine groups is 1. The molecule has 0 aromatic heterocycles. The second kappa shape index (κ2) is 3.83. The van der Waals surface area contributed by atoms with E-state index in [1.165, 1.54) is 6.92 Å². The Kier molecular flexibility index (Phi) is 2.98. The maximum absolute atomic E-state index is 13.0. The minimum atomic E-state index is -0.613. The van der Waals surface area contributed by atoms with Crippen molar-refractivity contribution in [2.24, 2.45) is 10.7 Å². The molecule has 0 atom stereocenters. The van der Waals surface area contributed by atoms with Gasteiger partial charge < -0.3 is 5.73 Å². The molecule has 5 heteroatoms. The van der Waals surface area contributed by atoms with Crippen LogP contribution in [0.3, 0.4) is 0 Å². The molecule has 2 nitrogen and oxygen atoms in total. The molecule has 0 aliphatic heterocycles. The van der Waals surface area contributed by atoms with E-state index in [9.17, 15) is 8.78 Å². The summed E-state index contributed by atoms with van der Waals surface area (Å²) in [6.07, 6.45) is 0. The number of benzene rings is 1. The largest absolute Gasteiger partial charge is 0.387 e. The van der Waals surface area contributed by atoms with E-state index in [2.05, 4.69) is 20.9 Å². The molecule has 0 unspecified atom stereocenters. The molecule has 0 amide bonds. The zero-order chi connectivity index (χ0) is 10.0. The third-order valence-electron chi connectivity index (χ3n) is 1.29. The van der Waals surface area contributed by atoms with Crippen LogP contribution < -0.4 is 5.73 Å². The minimum Gasteiger partial charge on any atom is -0.387 e. The summed E-state index contributed by atoms with van der Waals surface area (Å²) in [5.41, 5.74) is 5.13. The monoisotopic (exact) mass is 248 g/mol. The van der Waals surface area contributed by atoms with E-state index < -0.39 is 11.6 Å². The van der Waals surface area contributed by atoms with Gasteiger partial charge in [-0.2, -0.15) is 0 Å².